The second-order valence-corrected chi connectivity index (χ2v) is 5.98. The molecule has 2 rings (SSSR count). The van der Waals surface area contributed by atoms with Gasteiger partial charge in [0.25, 0.3) is 0 Å². The van der Waals surface area contributed by atoms with Gasteiger partial charge in [0.2, 0.25) is 0 Å². The van der Waals surface area contributed by atoms with E-state index in [1.165, 1.54) is 31.7 Å². The first kappa shape index (κ1) is 12.4. The summed E-state index contributed by atoms with van der Waals surface area (Å²) in [7, 11) is 0. The van der Waals surface area contributed by atoms with E-state index in [-0.39, 0.29) is 11.2 Å². The topological polar surface area (TPSA) is 0 Å². The van der Waals surface area contributed by atoms with Crippen LogP contribution >= 0.6 is 27.5 Å². The summed E-state index contributed by atoms with van der Waals surface area (Å²) in [6, 6.07) is 5.11. The fraction of sp³-hybridized carbons (Fsp3) is 0.538. The van der Waals surface area contributed by atoms with Gasteiger partial charge in [-0.15, -0.1) is 11.6 Å². The first-order valence-electron chi connectivity index (χ1n) is 5.65. The molecule has 0 nitrogen and oxygen atoms in total. The predicted molar refractivity (Wildman–Crippen MR) is 69.4 cm³/mol. The molecule has 1 aromatic carbocycles. The molecule has 3 heteroatoms. The first-order chi connectivity index (χ1) is 7.63. The molecule has 0 spiro atoms. The molecule has 88 valence electrons. The summed E-state index contributed by atoms with van der Waals surface area (Å²) < 4.78 is 14.1. The van der Waals surface area contributed by atoms with Gasteiger partial charge in [-0.05, 0) is 48.4 Å². The summed E-state index contributed by atoms with van der Waals surface area (Å²) in [5.74, 6) is 0.508. The molecule has 0 aliphatic heterocycles. The average Bonchev–Trinajstić information content (AvgIpc) is 2.65. The lowest BCUT2D eigenvalue weighted by atomic mass is 9.82. The van der Waals surface area contributed by atoms with Crippen molar-refractivity contribution < 1.29 is 4.39 Å². The maximum atomic E-state index is 13.3. The number of rotatable bonds is 3. The number of benzene rings is 1. The zero-order chi connectivity index (χ0) is 11.6. The van der Waals surface area contributed by atoms with E-state index in [4.69, 9.17) is 11.6 Å². The zero-order valence-corrected chi connectivity index (χ0v) is 11.5. The minimum Gasteiger partial charge on any atom is -0.207 e. The predicted octanol–water partition coefficient (Wildman–Crippen LogP) is 4.93. The van der Waals surface area contributed by atoms with E-state index in [9.17, 15) is 4.39 Å². The number of hydrogen-bond donors (Lipinski definition) is 0. The van der Waals surface area contributed by atoms with Crippen LogP contribution in [0.2, 0.25) is 0 Å². The summed E-state index contributed by atoms with van der Waals surface area (Å²) in [4.78, 5) is 0. The highest BCUT2D eigenvalue weighted by Gasteiger charge is 2.33. The van der Waals surface area contributed by atoms with Crippen LogP contribution in [0.4, 0.5) is 4.39 Å². The third-order valence-corrected chi connectivity index (χ3v) is 4.47. The van der Waals surface area contributed by atoms with Crippen molar-refractivity contribution in [3.05, 3.63) is 34.1 Å². The number of alkyl halides is 1. The van der Waals surface area contributed by atoms with Gasteiger partial charge < -0.3 is 0 Å². The molecule has 0 radical (unpaired) electrons. The summed E-state index contributed by atoms with van der Waals surface area (Å²) in [6.45, 7) is 0. The van der Waals surface area contributed by atoms with Crippen molar-refractivity contribution in [2.24, 2.45) is 5.41 Å². The Morgan fingerprint density at radius 1 is 1.25 bits per heavy atom. The van der Waals surface area contributed by atoms with Crippen LogP contribution in [0.1, 0.15) is 31.2 Å². The molecule has 0 amide bonds. The fourth-order valence-corrected chi connectivity index (χ4v) is 3.50. The molecule has 1 aliphatic carbocycles. The second kappa shape index (κ2) is 5.05. The SMILES string of the molecule is Fc1cc(Br)cc(CC2(CCl)CCCC2)c1. The van der Waals surface area contributed by atoms with E-state index < -0.39 is 0 Å². The lowest BCUT2D eigenvalue weighted by Gasteiger charge is -2.26. The van der Waals surface area contributed by atoms with Crippen LogP contribution < -0.4 is 0 Å². The Bertz CT molecular complexity index is 352. The van der Waals surface area contributed by atoms with E-state index in [1.807, 2.05) is 6.07 Å². The Kier molecular flexibility index (Phi) is 3.91. The highest BCUT2D eigenvalue weighted by molar-refractivity contribution is 9.10. The van der Waals surface area contributed by atoms with Gasteiger partial charge in [0.05, 0.1) is 0 Å². The molecule has 0 unspecified atom stereocenters. The highest BCUT2D eigenvalue weighted by atomic mass is 79.9. The van der Waals surface area contributed by atoms with Crippen molar-refractivity contribution in [1.82, 2.24) is 0 Å². The first-order valence-corrected chi connectivity index (χ1v) is 6.97. The molecule has 0 saturated heterocycles. The highest BCUT2D eigenvalue weighted by Crippen LogP contribution is 2.42. The van der Waals surface area contributed by atoms with Crippen molar-refractivity contribution in [2.75, 3.05) is 5.88 Å². The molecular weight excluding hydrogens is 290 g/mol. The number of halogens is 3. The lowest BCUT2D eigenvalue weighted by Crippen LogP contribution is -2.21. The Labute approximate surface area is 109 Å². The molecule has 0 atom stereocenters. The molecule has 1 fully saturated rings. The maximum absolute atomic E-state index is 13.3. The lowest BCUT2D eigenvalue weighted by molar-refractivity contribution is 0.340. The molecule has 1 aromatic rings. The largest absolute Gasteiger partial charge is 0.207 e. The summed E-state index contributed by atoms with van der Waals surface area (Å²) in [6.07, 6.45) is 5.74. The fourth-order valence-electron chi connectivity index (χ4n) is 2.63. The molecule has 16 heavy (non-hydrogen) atoms. The minimum absolute atomic E-state index is 0.174. The van der Waals surface area contributed by atoms with E-state index >= 15 is 0 Å². The van der Waals surface area contributed by atoms with Gasteiger partial charge >= 0.3 is 0 Å². The van der Waals surface area contributed by atoms with Crippen molar-refractivity contribution in [3.8, 4) is 0 Å². The van der Waals surface area contributed by atoms with Gasteiger partial charge in [-0.3, -0.25) is 0 Å². The van der Waals surface area contributed by atoms with Crippen LogP contribution in [0.25, 0.3) is 0 Å². The van der Waals surface area contributed by atoms with Crippen molar-refractivity contribution in [1.29, 1.82) is 0 Å². The Morgan fingerprint density at radius 3 is 2.50 bits per heavy atom. The Morgan fingerprint density at radius 2 is 1.94 bits per heavy atom. The van der Waals surface area contributed by atoms with E-state index in [0.29, 0.717) is 5.88 Å². The van der Waals surface area contributed by atoms with Crippen LogP contribution in [0.5, 0.6) is 0 Å². The van der Waals surface area contributed by atoms with Gasteiger partial charge in [0, 0.05) is 10.4 Å². The average molecular weight is 306 g/mol. The Balaban J connectivity index is 2.18. The normalized spacial score (nSPS) is 18.9. The smallest absolute Gasteiger partial charge is 0.124 e. The third-order valence-electron chi connectivity index (χ3n) is 3.45. The van der Waals surface area contributed by atoms with Crippen LogP contribution in [0.15, 0.2) is 22.7 Å². The van der Waals surface area contributed by atoms with Crippen LogP contribution in [0.3, 0.4) is 0 Å². The summed E-state index contributed by atoms with van der Waals surface area (Å²) in [5, 5.41) is 0. The monoisotopic (exact) mass is 304 g/mol. The molecule has 0 aromatic heterocycles. The van der Waals surface area contributed by atoms with Crippen LogP contribution in [-0.4, -0.2) is 5.88 Å². The van der Waals surface area contributed by atoms with Crippen molar-refractivity contribution >= 4 is 27.5 Å². The van der Waals surface area contributed by atoms with Crippen LogP contribution in [-0.2, 0) is 6.42 Å². The van der Waals surface area contributed by atoms with Gasteiger partial charge in [0.1, 0.15) is 5.82 Å². The van der Waals surface area contributed by atoms with Gasteiger partial charge in [-0.2, -0.15) is 0 Å². The third kappa shape index (κ3) is 2.78. The minimum atomic E-state index is -0.174. The van der Waals surface area contributed by atoms with E-state index in [2.05, 4.69) is 15.9 Å². The van der Waals surface area contributed by atoms with Gasteiger partial charge in [-0.25, -0.2) is 4.39 Å². The zero-order valence-electron chi connectivity index (χ0n) is 9.11. The second-order valence-electron chi connectivity index (χ2n) is 4.80. The van der Waals surface area contributed by atoms with E-state index in [0.717, 1.165) is 16.5 Å². The maximum Gasteiger partial charge on any atom is 0.124 e. The molecule has 1 aliphatic rings. The summed E-state index contributed by atoms with van der Waals surface area (Å²) >= 11 is 9.42. The standard InChI is InChI=1S/C13H15BrClF/c14-11-5-10(6-12(16)7-11)8-13(9-15)3-1-2-4-13/h5-7H,1-4,8-9H2. The van der Waals surface area contributed by atoms with Crippen molar-refractivity contribution in [3.63, 3.8) is 0 Å². The molecule has 0 heterocycles. The van der Waals surface area contributed by atoms with Crippen LogP contribution in [0, 0.1) is 11.2 Å². The Hall–Kier alpha value is -0.0800. The summed E-state index contributed by atoms with van der Waals surface area (Å²) in [5.41, 5.74) is 1.25. The molecule has 0 bridgehead atoms. The van der Waals surface area contributed by atoms with E-state index in [1.54, 1.807) is 6.07 Å². The van der Waals surface area contributed by atoms with Gasteiger partial charge in [0.15, 0.2) is 0 Å². The quantitative estimate of drug-likeness (QED) is 0.695. The molecule has 1 saturated carbocycles. The van der Waals surface area contributed by atoms with Crippen molar-refractivity contribution in [2.45, 2.75) is 32.1 Å². The molecule has 0 N–H and O–H groups in total. The molecular formula is C13H15BrClF. The number of hydrogen-bond acceptors (Lipinski definition) is 0. The van der Waals surface area contributed by atoms with Gasteiger partial charge in [-0.1, -0.05) is 28.8 Å².